The Morgan fingerprint density at radius 2 is 2.05 bits per heavy atom. The minimum absolute atomic E-state index is 0.0522. The van der Waals surface area contributed by atoms with E-state index in [1.165, 1.54) is 0 Å². The number of nitrogens with one attached hydrogen (secondary N) is 1. The van der Waals surface area contributed by atoms with E-state index in [0.29, 0.717) is 18.9 Å². The van der Waals surface area contributed by atoms with Crippen molar-refractivity contribution in [1.29, 1.82) is 0 Å². The maximum absolute atomic E-state index is 12.3. The van der Waals surface area contributed by atoms with Crippen LogP contribution in [-0.2, 0) is 11.0 Å². The fourth-order valence-electron chi connectivity index (χ4n) is 1.68. The summed E-state index contributed by atoms with van der Waals surface area (Å²) in [6.07, 6.45) is -2.70. The molecule has 8 heteroatoms. The van der Waals surface area contributed by atoms with Crippen molar-refractivity contribution < 1.29 is 27.9 Å². The molecule has 116 valence electrons. The molecule has 1 heterocycles. The van der Waals surface area contributed by atoms with Crippen LogP contribution in [-0.4, -0.2) is 28.5 Å². The number of carbonyl (C=O) groups excluding carboxylic acids is 1. The second kappa shape index (κ2) is 7.05. The first kappa shape index (κ1) is 16.9. The van der Waals surface area contributed by atoms with Crippen LogP contribution in [0.2, 0.25) is 0 Å². The number of nitrogens with zero attached hydrogens (tertiary/aromatic N) is 1. The Bertz CT molecular complexity index is 500. The van der Waals surface area contributed by atoms with Gasteiger partial charge in [0.2, 0.25) is 0 Å². The van der Waals surface area contributed by atoms with Crippen molar-refractivity contribution in [3.8, 4) is 0 Å². The van der Waals surface area contributed by atoms with Gasteiger partial charge in [0.05, 0.1) is 11.5 Å². The Balaban J connectivity index is 2.65. The van der Waals surface area contributed by atoms with Gasteiger partial charge in [0.15, 0.2) is 0 Å². The smallest absolute Gasteiger partial charge is 0.433 e. The molecule has 0 radical (unpaired) electrons. The molecule has 0 saturated heterocycles. The topological polar surface area (TPSA) is 79.3 Å². The van der Waals surface area contributed by atoms with Gasteiger partial charge in [-0.3, -0.25) is 14.6 Å². The fraction of sp³-hybridized carbons (Fsp3) is 0.462. The van der Waals surface area contributed by atoms with Gasteiger partial charge in [-0.1, -0.05) is 13.3 Å². The summed E-state index contributed by atoms with van der Waals surface area (Å²) in [5, 5.41) is 11.3. The minimum Gasteiger partial charge on any atom is -0.481 e. The second-order valence-corrected chi connectivity index (χ2v) is 4.46. The third-order valence-corrected chi connectivity index (χ3v) is 2.81. The predicted molar refractivity (Wildman–Crippen MR) is 67.6 cm³/mol. The Kier molecular flexibility index (Phi) is 5.69. The molecule has 1 atom stereocenters. The lowest BCUT2D eigenvalue weighted by molar-refractivity contribution is -0.142. The maximum atomic E-state index is 12.3. The van der Waals surface area contributed by atoms with E-state index in [2.05, 4.69) is 10.3 Å². The molecule has 0 aromatic carbocycles. The number of amides is 1. The van der Waals surface area contributed by atoms with Crippen LogP contribution in [0.4, 0.5) is 13.2 Å². The summed E-state index contributed by atoms with van der Waals surface area (Å²) in [5.74, 6) is -2.40. The van der Waals surface area contributed by atoms with Crippen LogP contribution >= 0.6 is 0 Å². The molecule has 1 aromatic rings. The van der Waals surface area contributed by atoms with Gasteiger partial charge in [-0.25, -0.2) is 0 Å². The number of rotatable bonds is 6. The highest BCUT2D eigenvalue weighted by molar-refractivity contribution is 5.94. The molecule has 1 amide bonds. The molecule has 0 spiro atoms. The molecular formula is C13H15F3N2O3. The van der Waals surface area contributed by atoms with Gasteiger partial charge in [-0.15, -0.1) is 0 Å². The van der Waals surface area contributed by atoms with Crippen molar-refractivity contribution in [2.45, 2.75) is 25.9 Å². The van der Waals surface area contributed by atoms with Crippen LogP contribution in [0.1, 0.15) is 35.8 Å². The number of carboxylic acids is 1. The van der Waals surface area contributed by atoms with Crippen molar-refractivity contribution in [3.63, 3.8) is 0 Å². The summed E-state index contributed by atoms with van der Waals surface area (Å²) >= 11 is 0. The first-order valence-electron chi connectivity index (χ1n) is 6.30. The van der Waals surface area contributed by atoms with Gasteiger partial charge >= 0.3 is 12.1 Å². The Hall–Kier alpha value is -2.12. The minimum atomic E-state index is -4.56. The number of pyridine rings is 1. The molecule has 2 N–H and O–H groups in total. The van der Waals surface area contributed by atoms with E-state index in [1.54, 1.807) is 0 Å². The van der Waals surface area contributed by atoms with E-state index in [1.807, 2.05) is 6.92 Å². The van der Waals surface area contributed by atoms with Crippen LogP contribution in [0.15, 0.2) is 18.3 Å². The van der Waals surface area contributed by atoms with Gasteiger partial charge in [0.1, 0.15) is 5.69 Å². The summed E-state index contributed by atoms with van der Waals surface area (Å²) < 4.78 is 37.0. The highest BCUT2D eigenvalue weighted by Gasteiger charge is 2.32. The number of hydrogen-bond donors (Lipinski definition) is 2. The number of alkyl halides is 3. The fourth-order valence-corrected chi connectivity index (χ4v) is 1.68. The third kappa shape index (κ3) is 5.05. The number of halogens is 3. The standard InChI is InChI=1S/C13H15F3N2O3/c1-2-3-9(12(20)21)7-18-11(19)8-4-5-10(17-6-8)13(14,15)16/h4-6,9H,2-3,7H2,1H3,(H,18,19)(H,20,21). The van der Waals surface area contributed by atoms with E-state index >= 15 is 0 Å². The molecule has 0 fully saturated rings. The Morgan fingerprint density at radius 1 is 1.38 bits per heavy atom. The number of hydrogen-bond acceptors (Lipinski definition) is 3. The highest BCUT2D eigenvalue weighted by atomic mass is 19.4. The average Bonchev–Trinajstić information content (AvgIpc) is 2.42. The zero-order valence-electron chi connectivity index (χ0n) is 11.3. The maximum Gasteiger partial charge on any atom is 0.433 e. The third-order valence-electron chi connectivity index (χ3n) is 2.81. The summed E-state index contributed by atoms with van der Waals surface area (Å²) in [6.45, 7) is 1.74. The van der Waals surface area contributed by atoms with Crippen LogP contribution in [0, 0.1) is 5.92 Å². The van der Waals surface area contributed by atoms with E-state index in [9.17, 15) is 22.8 Å². The summed E-state index contributed by atoms with van der Waals surface area (Å²) in [6, 6.07) is 1.70. The molecule has 1 aromatic heterocycles. The Labute approximate surface area is 119 Å². The molecule has 1 rings (SSSR count). The molecule has 0 aliphatic carbocycles. The molecule has 5 nitrogen and oxygen atoms in total. The van der Waals surface area contributed by atoms with E-state index in [-0.39, 0.29) is 12.1 Å². The monoisotopic (exact) mass is 304 g/mol. The quantitative estimate of drug-likeness (QED) is 0.845. The lowest BCUT2D eigenvalue weighted by Gasteiger charge is -2.12. The van der Waals surface area contributed by atoms with E-state index in [4.69, 9.17) is 5.11 Å². The lowest BCUT2D eigenvalue weighted by atomic mass is 10.0. The summed E-state index contributed by atoms with van der Waals surface area (Å²) in [5.41, 5.74) is -1.14. The van der Waals surface area contributed by atoms with Crippen molar-refractivity contribution in [1.82, 2.24) is 10.3 Å². The largest absolute Gasteiger partial charge is 0.481 e. The Morgan fingerprint density at radius 3 is 2.48 bits per heavy atom. The van der Waals surface area contributed by atoms with Crippen LogP contribution < -0.4 is 5.32 Å². The predicted octanol–water partition coefficient (Wildman–Crippen LogP) is 2.33. The SMILES string of the molecule is CCCC(CNC(=O)c1ccc(C(F)(F)F)nc1)C(=O)O. The lowest BCUT2D eigenvalue weighted by Crippen LogP contribution is -2.33. The van der Waals surface area contributed by atoms with Crippen LogP contribution in [0.5, 0.6) is 0 Å². The van der Waals surface area contributed by atoms with Gasteiger partial charge < -0.3 is 10.4 Å². The molecule has 0 aliphatic rings. The van der Waals surface area contributed by atoms with Crippen molar-refractivity contribution >= 4 is 11.9 Å². The van der Waals surface area contributed by atoms with Crippen LogP contribution in [0.3, 0.4) is 0 Å². The van der Waals surface area contributed by atoms with E-state index < -0.39 is 29.7 Å². The number of carbonyl (C=O) groups is 2. The average molecular weight is 304 g/mol. The molecule has 0 bridgehead atoms. The number of aromatic nitrogens is 1. The molecular weight excluding hydrogens is 289 g/mol. The molecule has 0 aliphatic heterocycles. The summed E-state index contributed by atoms with van der Waals surface area (Å²) in [7, 11) is 0. The van der Waals surface area contributed by atoms with Crippen molar-refractivity contribution in [2.75, 3.05) is 6.54 Å². The first-order valence-corrected chi connectivity index (χ1v) is 6.30. The zero-order chi connectivity index (χ0) is 16.0. The zero-order valence-corrected chi connectivity index (χ0v) is 11.3. The van der Waals surface area contributed by atoms with Crippen molar-refractivity contribution in [3.05, 3.63) is 29.6 Å². The van der Waals surface area contributed by atoms with Gasteiger partial charge in [0.25, 0.3) is 5.91 Å². The van der Waals surface area contributed by atoms with Gasteiger partial charge in [-0.05, 0) is 18.6 Å². The normalized spacial score (nSPS) is 12.8. The first-order chi connectivity index (χ1) is 9.75. The van der Waals surface area contributed by atoms with Gasteiger partial charge in [-0.2, -0.15) is 13.2 Å². The summed E-state index contributed by atoms with van der Waals surface area (Å²) in [4.78, 5) is 25.8. The molecule has 1 unspecified atom stereocenters. The number of aliphatic carboxylic acids is 1. The molecule has 21 heavy (non-hydrogen) atoms. The van der Waals surface area contributed by atoms with E-state index in [0.717, 1.165) is 12.3 Å². The second-order valence-electron chi connectivity index (χ2n) is 4.46. The highest BCUT2D eigenvalue weighted by Crippen LogP contribution is 2.27. The van der Waals surface area contributed by atoms with Crippen molar-refractivity contribution in [2.24, 2.45) is 5.92 Å². The van der Waals surface area contributed by atoms with Gasteiger partial charge in [0, 0.05) is 12.7 Å². The van der Waals surface area contributed by atoms with Crippen LogP contribution in [0.25, 0.3) is 0 Å². The molecule has 0 saturated carbocycles. The number of carboxylic acid groups (broad SMARTS) is 1.